The molecule has 2 bridgehead atoms. The van der Waals surface area contributed by atoms with E-state index >= 15 is 0 Å². The monoisotopic (exact) mass is 524 g/mol. The van der Waals surface area contributed by atoms with Crippen molar-refractivity contribution in [1.29, 1.82) is 0 Å². The van der Waals surface area contributed by atoms with Gasteiger partial charge in [-0.3, -0.25) is 9.59 Å². The molecule has 1 unspecified atom stereocenters. The molecule has 0 aliphatic carbocycles. The summed E-state index contributed by atoms with van der Waals surface area (Å²) in [5.74, 6) is 0.0582. The van der Waals surface area contributed by atoms with Gasteiger partial charge in [0.2, 0.25) is 0 Å². The van der Waals surface area contributed by atoms with Gasteiger partial charge in [0, 0.05) is 24.3 Å². The van der Waals surface area contributed by atoms with Crippen molar-refractivity contribution in [1.82, 2.24) is 15.6 Å². The number of pyridine rings is 1. The van der Waals surface area contributed by atoms with Gasteiger partial charge in [0.15, 0.2) is 5.60 Å². The fourth-order valence-electron chi connectivity index (χ4n) is 4.83. The lowest BCUT2D eigenvalue weighted by Gasteiger charge is -2.40. The van der Waals surface area contributed by atoms with Crippen LogP contribution in [0.2, 0.25) is 5.02 Å². The fraction of sp³-hybridized carbons (Fsp3) is 0.480. The Morgan fingerprint density at radius 2 is 1.78 bits per heavy atom. The summed E-state index contributed by atoms with van der Waals surface area (Å²) in [5.41, 5.74) is -1.05. The summed E-state index contributed by atoms with van der Waals surface area (Å²) in [6, 6.07) is 10.4. The Morgan fingerprint density at radius 3 is 2.36 bits per heavy atom. The van der Waals surface area contributed by atoms with Crippen LogP contribution in [0, 0.1) is 0 Å². The van der Waals surface area contributed by atoms with Crippen molar-refractivity contribution in [2.75, 3.05) is 11.4 Å². The number of nitrogens with zero attached hydrogens (tertiary/aromatic N) is 2. The Labute approximate surface area is 212 Å². The lowest BCUT2D eigenvalue weighted by Crippen LogP contribution is -2.55. The average Bonchev–Trinajstić information content (AvgIpc) is 3.08. The normalized spacial score (nSPS) is 21.7. The maximum Gasteiger partial charge on any atom is 0.405 e. The minimum Gasteiger partial charge on any atom is -0.476 e. The van der Waals surface area contributed by atoms with E-state index in [1.165, 1.54) is 12.3 Å². The van der Waals surface area contributed by atoms with Crippen LogP contribution in [0.4, 0.5) is 19.0 Å². The van der Waals surface area contributed by atoms with Crippen molar-refractivity contribution in [3.63, 3.8) is 0 Å². The van der Waals surface area contributed by atoms with E-state index in [9.17, 15) is 22.8 Å². The molecule has 0 spiro atoms. The van der Waals surface area contributed by atoms with Crippen LogP contribution in [0.25, 0.3) is 0 Å². The molecular formula is C25H28ClF3N4O3. The number of fused-ring (bicyclic) bond motifs is 2. The molecule has 4 rings (SSSR count). The number of rotatable bonds is 7. The predicted molar refractivity (Wildman–Crippen MR) is 129 cm³/mol. The van der Waals surface area contributed by atoms with E-state index < -0.39 is 24.2 Å². The molecule has 2 amide bonds. The molecule has 1 aromatic heterocycles. The molecule has 2 N–H and O–H groups in total. The second-order valence-electron chi connectivity index (χ2n) is 9.68. The number of benzene rings is 1. The summed E-state index contributed by atoms with van der Waals surface area (Å²) < 4.78 is 42.9. The third-order valence-electron chi connectivity index (χ3n) is 6.54. The highest BCUT2D eigenvalue weighted by Gasteiger charge is 2.43. The summed E-state index contributed by atoms with van der Waals surface area (Å²) in [6.45, 7) is 2.01. The standard InChI is InChI=1S/C25H28ClF3N4O3/c1-24(2,36-20-6-4-3-5-19(20)26)23(35)32-16-11-17-8-9-18(12-16)33(17)21-10-7-15(13-30-21)22(34)31-14-25(27,28)29/h3-7,10,13,16-18H,8-9,11-12,14H2,1-2H3,(H,31,34)(H,32,35)/t16?,17-,18+. The number of carbonyl (C=O) groups excluding carboxylic acids is 2. The number of nitrogens with one attached hydrogen (secondary N) is 2. The van der Waals surface area contributed by atoms with Gasteiger partial charge in [-0.2, -0.15) is 13.2 Å². The first-order valence-electron chi connectivity index (χ1n) is 11.8. The number of amides is 2. The largest absolute Gasteiger partial charge is 0.476 e. The molecule has 2 aromatic rings. The van der Waals surface area contributed by atoms with Crippen LogP contribution in [-0.2, 0) is 4.79 Å². The van der Waals surface area contributed by atoms with E-state index in [0.717, 1.165) is 25.7 Å². The van der Waals surface area contributed by atoms with Crippen molar-refractivity contribution < 1.29 is 27.5 Å². The highest BCUT2D eigenvalue weighted by molar-refractivity contribution is 6.32. The van der Waals surface area contributed by atoms with Crippen molar-refractivity contribution >= 4 is 29.2 Å². The van der Waals surface area contributed by atoms with Gasteiger partial charge in [-0.15, -0.1) is 0 Å². The van der Waals surface area contributed by atoms with Crippen LogP contribution in [0.5, 0.6) is 5.75 Å². The number of hydrogen-bond donors (Lipinski definition) is 2. The Morgan fingerprint density at radius 1 is 1.11 bits per heavy atom. The molecule has 2 aliphatic heterocycles. The molecule has 7 nitrogen and oxygen atoms in total. The minimum atomic E-state index is -4.47. The molecular weight excluding hydrogens is 497 g/mol. The Hall–Kier alpha value is -3.01. The summed E-state index contributed by atoms with van der Waals surface area (Å²) in [4.78, 5) is 31.5. The summed E-state index contributed by atoms with van der Waals surface area (Å²) in [6.07, 6.45) is 0.138. The van der Waals surface area contributed by atoms with E-state index in [1.807, 2.05) is 5.32 Å². The summed E-state index contributed by atoms with van der Waals surface area (Å²) >= 11 is 6.17. The summed E-state index contributed by atoms with van der Waals surface area (Å²) in [7, 11) is 0. The van der Waals surface area contributed by atoms with E-state index in [1.54, 1.807) is 44.2 Å². The summed E-state index contributed by atoms with van der Waals surface area (Å²) in [5, 5.41) is 5.40. The van der Waals surface area contributed by atoms with Crippen molar-refractivity contribution in [3.05, 3.63) is 53.2 Å². The number of para-hydroxylation sites is 1. The van der Waals surface area contributed by atoms with E-state index in [2.05, 4.69) is 15.2 Å². The Balaban J connectivity index is 1.35. The highest BCUT2D eigenvalue weighted by atomic mass is 35.5. The first-order valence-corrected chi connectivity index (χ1v) is 12.1. The first kappa shape index (κ1) is 26.1. The molecule has 3 atom stereocenters. The molecule has 194 valence electrons. The number of halogens is 4. The number of alkyl halides is 3. The molecule has 1 aromatic carbocycles. The number of aromatic nitrogens is 1. The molecule has 0 saturated carbocycles. The van der Waals surface area contributed by atoms with Crippen molar-refractivity contribution in [2.45, 2.75) is 69.4 Å². The second-order valence-corrected chi connectivity index (χ2v) is 10.1. The van der Waals surface area contributed by atoms with Crippen LogP contribution in [0.3, 0.4) is 0 Å². The zero-order valence-corrected chi connectivity index (χ0v) is 20.7. The van der Waals surface area contributed by atoms with Gasteiger partial charge >= 0.3 is 6.18 Å². The maximum atomic E-state index is 13.0. The predicted octanol–water partition coefficient (Wildman–Crippen LogP) is 4.50. The quantitative estimate of drug-likeness (QED) is 0.557. The minimum absolute atomic E-state index is 0.0345. The second kappa shape index (κ2) is 10.2. The molecule has 2 fully saturated rings. The van der Waals surface area contributed by atoms with Gasteiger partial charge in [0.05, 0.1) is 10.6 Å². The zero-order chi connectivity index (χ0) is 26.1. The Kier molecular flexibility index (Phi) is 7.36. The maximum absolute atomic E-state index is 13.0. The number of carbonyl (C=O) groups is 2. The molecule has 2 aliphatic rings. The van der Waals surface area contributed by atoms with Gasteiger partial charge in [-0.25, -0.2) is 4.98 Å². The average molecular weight is 525 g/mol. The molecule has 3 heterocycles. The molecule has 2 saturated heterocycles. The van der Waals surface area contributed by atoms with E-state index in [4.69, 9.17) is 16.3 Å². The van der Waals surface area contributed by atoms with Crippen LogP contribution in [-0.4, -0.2) is 53.2 Å². The van der Waals surface area contributed by atoms with Crippen LogP contribution in [0.1, 0.15) is 49.9 Å². The lowest BCUT2D eigenvalue weighted by molar-refractivity contribution is -0.135. The van der Waals surface area contributed by atoms with Gasteiger partial charge in [0.1, 0.15) is 18.1 Å². The number of hydrogen-bond acceptors (Lipinski definition) is 5. The smallest absolute Gasteiger partial charge is 0.405 e. The molecule has 36 heavy (non-hydrogen) atoms. The van der Waals surface area contributed by atoms with E-state index in [-0.39, 0.29) is 29.6 Å². The number of anilines is 1. The van der Waals surface area contributed by atoms with Gasteiger partial charge < -0.3 is 20.3 Å². The molecule has 0 radical (unpaired) electrons. The number of piperidine rings is 1. The fourth-order valence-corrected chi connectivity index (χ4v) is 5.01. The van der Waals surface area contributed by atoms with Crippen molar-refractivity contribution in [3.8, 4) is 5.75 Å². The van der Waals surface area contributed by atoms with Crippen molar-refractivity contribution in [2.24, 2.45) is 0 Å². The van der Waals surface area contributed by atoms with Gasteiger partial charge in [-0.1, -0.05) is 23.7 Å². The van der Waals surface area contributed by atoms with Crippen LogP contribution in [0.15, 0.2) is 42.6 Å². The topological polar surface area (TPSA) is 83.6 Å². The lowest BCUT2D eigenvalue weighted by atomic mass is 9.96. The van der Waals surface area contributed by atoms with Crippen LogP contribution < -0.4 is 20.3 Å². The third-order valence-corrected chi connectivity index (χ3v) is 6.85. The zero-order valence-electron chi connectivity index (χ0n) is 19.9. The third kappa shape index (κ3) is 6.03. The SMILES string of the molecule is CC(C)(Oc1ccccc1Cl)C(=O)NC1C[C@H]2CC[C@@H](C1)N2c1ccc(C(=O)NCC(F)(F)F)cn1. The molecule has 11 heteroatoms. The van der Waals surface area contributed by atoms with Gasteiger partial charge in [0.25, 0.3) is 11.8 Å². The van der Waals surface area contributed by atoms with Gasteiger partial charge in [-0.05, 0) is 63.8 Å². The number of ether oxygens (including phenoxy) is 1. The first-order chi connectivity index (χ1) is 16.9. The Bertz CT molecular complexity index is 1100. The highest BCUT2D eigenvalue weighted by Crippen LogP contribution is 2.39. The van der Waals surface area contributed by atoms with E-state index in [0.29, 0.717) is 16.6 Å². The van der Waals surface area contributed by atoms with Crippen LogP contribution >= 0.6 is 11.6 Å².